The molecule has 1 aromatic heterocycles. The second-order valence-corrected chi connectivity index (χ2v) is 5.24. The Bertz CT molecular complexity index is 507. The van der Waals surface area contributed by atoms with Crippen molar-refractivity contribution in [3.8, 4) is 0 Å². The minimum absolute atomic E-state index is 0.362. The molecule has 4 heteroatoms. The minimum atomic E-state index is 0.362. The normalized spacial score (nSPS) is 12.6. The van der Waals surface area contributed by atoms with Crippen LogP contribution >= 0.6 is 15.9 Å². The van der Waals surface area contributed by atoms with Crippen LogP contribution in [0.15, 0.2) is 41.1 Å². The first-order chi connectivity index (χ1) is 8.70. The Labute approximate surface area is 116 Å². The van der Waals surface area contributed by atoms with E-state index >= 15 is 0 Å². The van der Waals surface area contributed by atoms with Gasteiger partial charge >= 0.3 is 0 Å². The van der Waals surface area contributed by atoms with Crippen molar-refractivity contribution in [1.29, 1.82) is 0 Å². The molecule has 2 rings (SSSR count). The summed E-state index contributed by atoms with van der Waals surface area (Å²) in [6, 6.07) is 8.73. The lowest BCUT2D eigenvalue weighted by Gasteiger charge is -2.18. The Morgan fingerprint density at radius 1 is 1.39 bits per heavy atom. The standard InChI is InChI=1S/C14H18BrN3/c1-3-14(12-6-4-5-7-13(12)15)16-8-11-9-17-18(2)10-11/h4-7,9-10,14,16H,3,8H2,1-2H3/t14-/m1/s1. The first-order valence-corrected chi connectivity index (χ1v) is 6.95. The van der Waals surface area contributed by atoms with E-state index in [-0.39, 0.29) is 0 Å². The fourth-order valence-electron chi connectivity index (χ4n) is 2.04. The van der Waals surface area contributed by atoms with Gasteiger partial charge < -0.3 is 5.32 Å². The zero-order valence-corrected chi connectivity index (χ0v) is 12.3. The van der Waals surface area contributed by atoms with Gasteiger partial charge in [0, 0.05) is 35.9 Å². The molecule has 0 aliphatic heterocycles. The highest BCUT2D eigenvalue weighted by Crippen LogP contribution is 2.25. The summed E-state index contributed by atoms with van der Waals surface area (Å²) in [5.74, 6) is 0. The summed E-state index contributed by atoms with van der Waals surface area (Å²) >= 11 is 3.61. The van der Waals surface area contributed by atoms with Crippen molar-refractivity contribution in [2.75, 3.05) is 0 Å². The van der Waals surface area contributed by atoms with E-state index in [9.17, 15) is 0 Å². The third-order valence-electron chi connectivity index (χ3n) is 3.00. The van der Waals surface area contributed by atoms with E-state index in [1.165, 1.54) is 11.1 Å². The highest BCUT2D eigenvalue weighted by Gasteiger charge is 2.11. The van der Waals surface area contributed by atoms with Gasteiger partial charge in [0.1, 0.15) is 0 Å². The lowest BCUT2D eigenvalue weighted by atomic mass is 10.0. The quantitative estimate of drug-likeness (QED) is 0.917. The molecule has 1 heterocycles. The Morgan fingerprint density at radius 2 is 2.17 bits per heavy atom. The van der Waals surface area contributed by atoms with Gasteiger partial charge in [0.25, 0.3) is 0 Å². The van der Waals surface area contributed by atoms with Gasteiger partial charge in [-0.25, -0.2) is 0 Å². The predicted molar refractivity (Wildman–Crippen MR) is 77.2 cm³/mol. The van der Waals surface area contributed by atoms with E-state index in [0.717, 1.165) is 17.4 Å². The second-order valence-electron chi connectivity index (χ2n) is 4.39. The van der Waals surface area contributed by atoms with Crippen molar-refractivity contribution >= 4 is 15.9 Å². The molecule has 96 valence electrons. The van der Waals surface area contributed by atoms with Gasteiger partial charge in [-0.15, -0.1) is 0 Å². The number of aryl methyl sites for hydroxylation is 1. The van der Waals surface area contributed by atoms with E-state index in [0.29, 0.717) is 6.04 Å². The summed E-state index contributed by atoms with van der Waals surface area (Å²) in [5, 5.41) is 7.75. The fourth-order valence-corrected chi connectivity index (χ4v) is 2.60. The first kappa shape index (κ1) is 13.3. The number of aromatic nitrogens is 2. The van der Waals surface area contributed by atoms with Crippen LogP contribution in [0.5, 0.6) is 0 Å². The highest BCUT2D eigenvalue weighted by atomic mass is 79.9. The van der Waals surface area contributed by atoms with Gasteiger partial charge in [0.05, 0.1) is 6.20 Å². The average molecular weight is 308 g/mol. The molecule has 18 heavy (non-hydrogen) atoms. The van der Waals surface area contributed by atoms with Crippen LogP contribution in [0.4, 0.5) is 0 Å². The number of nitrogens with one attached hydrogen (secondary N) is 1. The van der Waals surface area contributed by atoms with E-state index in [1.807, 2.05) is 30.2 Å². The molecular formula is C14H18BrN3. The molecule has 0 radical (unpaired) electrons. The van der Waals surface area contributed by atoms with Crippen LogP contribution in [0.1, 0.15) is 30.5 Å². The molecule has 0 amide bonds. The molecule has 3 nitrogen and oxygen atoms in total. The monoisotopic (exact) mass is 307 g/mol. The topological polar surface area (TPSA) is 29.9 Å². The van der Waals surface area contributed by atoms with Gasteiger partial charge in [0.15, 0.2) is 0 Å². The lowest BCUT2D eigenvalue weighted by Crippen LogP contribution is -2.20. The van der Waals surface area contributed by atoms with Crippen LogP contribution in [0.3, 0.4) is 0 Å². The third kappa shape index (κ3) is 3.21. The van der Waals surface area contributed by atoms with Crippen LogP contribution in [0.25, 0.3) is 0 Å². The fraction of sp³-hybridized carbons (Fsp3) is 0.357. The minimum Gasteiger partial charge on any atom is -0.306 e. The molecule has 2 aromatic rings. The number of benzene rings is 1. The van der Waals surface area contributed by atoms with Gasteiger partial charge in [-0.2, -0.15) is 5.10 Å². The maximum absolute atomic E-state index is 4.18. The second kappa shape index (κ2) is 6.16. The number of halogens is 1. The summed E-state index contributed by atoms with van der Waals surface area (Å²) in [5.41, 5.74) is 2.52. The Kier molecular flexibility index (Phi) is 4.55. The Balaban J connectivity index is 2.04. The van der Waals surface area contributed by atoms with Crippen LogP contribution in [0.2, 0.25) is 0 Å². The number of hydrogen-bond acceptors (Lipinski definition) is 2. The molecule has 0 saturated heterocycles. The van der Waals surface area contributed by atoms with Crippen LogP contribution in [0, 0.1) is 0 Å². The van der Waals surface area contributed by atoms with E-state index in [2.05, 4.69) is 51.5 Å². The Morgan fingerprint density at radius 3 is 2.78 bits per heavy atom. The van der Waals surface area contributed by atoms with Crippen molar-refractivity contribution in [2.24, 2.45) is 7.05 Å². The number of rotatable bonds is 5. The van der Waals surface area contributed by atoms with Gasteiger partial charge in [-0.1, -0.05) is 41.1 Å². The van der Waals surface area contributed by atoms with Crippen molar-refractivity contribution in [3.63, 3.8) is 0 Å². The molecule has 0 aliphatic carbocycles. The third-order valence-corrected chi connectivity index (χ3v) is 3.72. The molecule has 0 unspecified atom stereocenters. The molecule has 0 fully saturated rings. The maximum atomic E-state index is 4.18. The molecule has 1 aromatic carbocycles. The summed E-state index contributed by atoms with van der Waals surface area (Å²) in [4.78, 5) is 0. The number of nitrogens with zero attached hydrogens (tertiary/aromatic N) is 2. The maximum Gasteiger partial charge on any atom is 0.0534 e. The lowest BCUT2D eigenvalue weighted by molar-refractivity contribution is 0.517. The predicted octanol–water partition coefficient (Wildman–Crippen LogP) is 3.42. The van der Waals surface area contributed by atoms with E-state index in [1.54, 1.807) is 0 Å². The van der Waals surface area contributed by atoms with Crippen molar-refractivity contribution in [1.82, 2.24) is 15.1 Å². The first-order valence-electron chi connectivity index (χ1n) is 6.16. The van der Waals surface area contributed by atoms with Crippen LogP contribution in [-0.2, 0) is 13.6 Å². The largest absolute Gasteiger partial charge is 0.306 e. The van der Waals surface area contributed by atoms with Gasteiger partial charge in [-0.05, 0) is 18.1 Å². The smallest absolute Gasteiger partial charge is 0.0534 e. The Hall–Kier alpha value is -1.13. The van der Waals surface area contributed by atoms with E-state index in [4.69, 9.17) is 0 Å². The van der Waals surface area contributed by atoms with Crippen LogP contribution in [-0.4, -0.2) is 9.78 Å². The SMILES string of the molecule is CC[C@@H](NCc1cnn(C)c1)c1ccccc1Br. The molecule has 1 N–H and O–H groups in total. The summed E-state index contributed by atoms with van der Waals surface area (Å²) < 4.78 is 2.99. The molecule has 0 spiro atoms. The summed E-state index contributed by atoms with van der Waals surface area (Å²) in [6.45, 7) is 3.04. The van der Waals surface area contributed by atoms with Crippen molar-refractivity contribution in [2.45, 2.75) is 25.9 Å². The highest BCUT2D eigenvalue weighted by molar-refractivity contribution is 9.10. The van der Waals surface area contributed by atoms with Gasteiger partial charge in [-0.3, -0.25) is 4.68 Å². The molecular weight excluding hydrogens is 290 g/mol. The molecule has 0 aliphatic rings. The summed E-state index contributed by atoms with van der Waals surface area (Å²) in [7, 11) is 1.94. The average Bonchev–Trinajstić information content (AvgIpc) is 2.78. The van der Waals surface area contributed by atoms with Crippen molar-refractivity contribution in [3.05, 3.63) is 52.3 Å². The van der Waals surface area contributed by atoms with E-state index < -0.39 is 0 Å². The molecule has 0 saturated carbocycles. The summed E-state index contributed by atoms with van der Waals surface area (Å²) in [6.07, 6.45) is 5.00. The van der Waals surface area contributed by atoms with Crippen molar-refractivity contribution < 1.29 is 0 Å². The van der Waals surface area contributed by atoms with Crippen LogP contribution < -0.4 is 5.32 Å². The zero-order valence-electron chi connectivity index (χ0n) is 10.7. The zero-order chi connectivity index (χ0) is 13.0. The van der Waals surface area contributed by atoms with Gasteiger partial charge in [0.2, 0.25) is 0 Å². The number of hydrogen-bond donors (Lipinski definition) is 1. The molecule has 1 atom stereocenters. The molecule has 0 bridgehead atoms.